The van der Waals surface area contributed by atoms with Crippen LogP contribution in [0.2, 0.25) is 0 Å². The predicted molar refractivity (Wildman–Crippen MR) is 141 cm³/mol. The third-order valence-electron chi connectivity index (χ3n) is 6.16. The molecule has 0 aliphatic rings. The number of nitrogens with one attached hydrogen (secondary N) is 2. The second-order valence-electron chi connectivity index (χ2n) is 8.77. The lowest BCUT2D eigenvalue weighted by atomic mass is 10.0. The number of aryl methyl sites for hydroxylation is 3. The van der Waals surface area contributed by atoms with Crippen LogP contribution in [0, 0.1) is 13.8 Å². The fourth-order valence-electron chi connectivity index (χ4n) is 4.39. The molecular weight excluding hydrogens is 470 g/mol. The quantitative estimate of drug-likeness (QED) is 0.380. The maximum Gasteiger partial charge on any atom is 0.290 e. The Morgan fingerprint density at radius 1 is 0.919 bits per heavy atom. The number of carbonyl (C=O) groups excluding carboxylic acids is 2. The van der Waals surface area contributed by atoms with Crippen molar-refractivity contribution in [3.05, 3.63) is 100 Å². The molecule has 0 unspecified atom stereocenters. The summed E-state index contributed by atoms with van der Waals surface area (Å²) < 4.78 is 8.49. The molecule has 5 rings (SSSR count). The van der Waals surface area contributed by atoms with Gasteiger partial charge in [0, 0.05) is 43.3 Å². The molecule has 37 heavy (non-hydrogen) atoms. The largest absolute Gasteiger partial charge is 0.381 e. The highest BCUT2D eigenvalue weighted by atomic mass is 16.5. The first-order valence-electron chi connectivity index (χ1n) is 11.7. The highest BCUT2D eigenvalue weighted by Crippen LogP contribution is 2.28. The number of anilines is 1. The number of hydrogen-bond donors (Lipinski definition) is 2. The van der Waals surface area contributed by atoms with Gasteiger partial charge in [-0.25, -0.2) is 4.98 Å². The smallest absolute Gasteiger partial charge is 0.290 e. The van der Waals surface area contributed by atoms with Crippen LogP contribution in [-0.4, -0.2) is 33.0 Å². The van der Waals surface area contributed by atoms with Crippen LogP contribution in [0.3, 0.4) is 0 Å². The van der Waals surface area contributed by atoms with Crippen molar-refractivity contribution >= 4 is 23.0 Å². The van der Waals surface area contributed by atoms with E-state index in [1.54, 1.807) is 45.3 Å². The fourth-order valence-corrected chi connectivity index (χ4v) is 4.39. The minimum atomic E-state index is -0.381. The molecule has 9 heteroatoms. The van der Waals surface area contributed by atoms with Crippen LogP contribution in [0.5, 0.6) is 0 Å². The molecule has 0 saturated carbocycles. The molecule has 2 N–H and O–H groups in total. The van der Waals surface area contributed by atoms with E-state index >= 15 is 0 Å². The number of rotatable bonds is 5. The molecular formula is C28H25N5O4. The number of carbonyl (C=O) groups is 2. The van der Waals surface area contributed by atoms with Crippen molar-refractivity contribution in [3.63, 3.8) is 0 Å². The van der Waals surface area contributed by atoms with Crippen LogP contribution in [0.4, 0.5) is 5.69 Å². The van der Waals surface area contributed by atoms with Gasteiger partial charge in [0.15, 0.2) is 5.69 Å². The molecule has 0 atom stereocenters. The SMILES string of the molecule is CNC(=O)c1cccc(NC(=O)c2nc(C)cn3cc(-c4ccc(-c5c(C)on(C)c5=O)cc4)cc23)c1. The lowest BCUT2D eigenvalue weighted by Crippen LogP contribution is -2.19. The molecule has 5 aromatic rings. The van der Waals surface area contributed by atoms with Gasteiger partial charge in [-0.1, -0.05) is 30.3 Å². The Hall–Kier alpha value is -4.92. The van der Waals surface area contributed by atoms with Gasteiger partial charge in [0.1, 0.15) is 5.76 Å². The Labute approximate surface area is 212 Å². The molecule has 186 valence electrons. The van der Waals surface area contributed by atoms with Crippen molar-refractivity contribution in [2.24, 2.45) is 7.05 Å². The minimum Gasteiger partial charge on any atom is -0.381 e. The number of amides is 2. The van der Waals surface area contributed by atoms with E-state index in [0.29, 0.717) is 33.8 Å². The maximum atomic E-state index is 13.2. The van der Waals surface area contributed by atoms with Crippen molar-refractivity contribution < 1.29 is 14.1 Å². The third kappa shape index (κ3) is 4.42. The number of aromatic nitrogens is 3. The minimum absolute atomic E-state index is 0.182. The molecule has 0 radical (unpaired) electrons. The average Bonchev–Trinajstić information content (AvgIpc) is 3.42. The zero-order chi connectivity index (χ0) is 26.3. The van der Waals surface area contributed by atoms with Gasteiger partial charge in [0.2, 0.25) is 0 Å². The molecule has 0 aliphatic heterocycles. The Morgan fingerprint density at radius 2 is 1.65 bits per heavy atom. The second kappa shape index (κ2) is 9.27. The van der Waals surface area contributed by atoms with Gasteiger partial charge < -0.3 is 19.6 Å². The van der Waals surface area contributed by atoms with Gasteiger partial charge in [-0.2, -0.15) is 4.74 Å². The van der Waals surface area contributed by atoms with Gasteiger partial charge in [-0.15, -0.1) is 0 Å². The van der Waals surface area contributed by atoms with Crippen LogP contribution >= 0.6 is 0 Å². The van der Waals surface area contributed by atoms with E-state index in [9.17, 15) is 14.4 Å². The van der Waals surface area contributed by atoms with Crippen LogP contribution < -0.4 is 16.2 Å². The van der Waals surface area contributed by atoms with Crippen molar-refractivity contribution in [2.45, 2.75) is 13.8 Å². The zero-order valence-electron chi connectivity index (χ0n) is 20.8. The lowest BCUT2D eigenvalue weighted by molar-refractivity contribution is 0.0961. The maximum absolute atomic E-state index is 13.2. The first-order chi connectivity index (χ1) is 17.7. The van der Waals surface area contributed by atoms with Crippen LogP contribution in [0.15, 0.2) is 76.3 Å². The number of hydrogen-bond acceptors (Lipinski definition) is 5. The van der Waals surface area contributed by atoms with E-state index in [1.807, 2.05) is 54.0 Å². The molecule has 3 heterocycles. The highest BCUT2D eigenvalue weighted by Gasteiger charge is 2.17. The number of benzene rings is 2. The molecule has 0 aliphatic carbocycles. The van der Waals surface area contributed by atoms with Crippen LogP contribution in [0.1, 0.15) is 32.3 Å². The van der Waals surface area contributed by atoms with Crippen molar-refractivity contribution in [1.29, 1.82) is 0 Å². The van der Waals surface area contributed by atoms with Crippen molar-refractivity contribution in [3.8, 4) is 22.3 Å². The van der Waals surface area contributed by atoms with E-state index in [-0.39, 0.29) is 23.1 Å². The predicted octanol–water partition coefficient (Wildman–Crippen LogP) is 4.19. The molecule has 3 aromatic heterocycles. The van der Waals surface area contributed by atoms with Crippen LogP contribution in [0.25, 0.3) is 27.8 Å². The van der Waals surface area contributed by atoms with Gasteiger partial charge in [-0.3, -0.25) is 14.4 Å². The van der Waals surface area contributed by atoms with Gasteiger partial charge >= 0.3 is 0 Å². The summed E-state index contributed by atoms with van der Waals surface area (Å²) >= 11 is 0. The second-order valence-corrected chi connectivity index (χ2v) is 8.77. The highest BCUT2D eigenvalue weighted by molar-refractivity contribution is 6.08. The summed E-state index contributed by atoms with van der Waals surface area (Å²) in [5.41, 5.74) is 5.48. The average molecular weight is 496 g/mol. The standard InChI is InChI=1S/C28H25N5O4/c1-16-14-33-15-21(18-8-10-19(11-9-18)24-17(2)37-32(4)28(24)36)13-23(33)25(30-16)27(35)31-22-7-5-6-20(12-22)26(34)29-3/h5-15H,1-4H3,(H,29,34)(H,31,35). The molecule has 2 aromatic carbocycles. The van der Waals surface area contributed by atoms with E-state index in [1.165, 1.54) is 4.74 Å². The molecule has 0 bridgehead atoms. The van der Waals surface area contributed by atoms with Crippen LogP contribution in [-0.2, 0) is 7.05 Å². The van der Waals surface area contributed by atoms with Crippen molar-refractivity contribution in [2.75, 3.05) is 12.4 Å². The normalized spacial score (nSPS) is 11.0. The van der Waals surface area contributed by atoms with Crippen molar-refractivity contribution in [1.82, 2.24) is 19.4 Å². The third-order valence-corrected chi connectivity index (χ3v) is 6.16. The summed E-state index contributed by atoms with van der Waals surface area (Å²) in [7, 11) is 3.14. The number of fused-ring (bicyclic) bond motifs is 1. The number of nitrogens with zero attached hydrogens (tertiary/aromatic N) is 3. The Bertz CT molecular complexity index is 1720. The molecule has 0 spiro atoms. The molecule has 2 amide bonds. The molecule has 0 saturated heterocycles. The summed E-state index contributed by atoms with van der Waals surface area (Å²) in [6.45, 7) is 3.59. The van der Waals surface area contributed by atoms with E-state index in [2.05, 4.69) is 15.6 Å². The van der Waals surface area contributed by atoms with Gasteiger partial charge in [0.25, 0.3) is 17.4 Å². The fraction of sp³-hybridized carbons (Fsp3) is 0.143. The van der Waals surface area contributed by atoms with Gasteiger partial charge in [-0.05, 0) is 49.2 Å². The molecule has 9 nitrogen and oxygen atoms in total. The summed E-state index contributed by atoms with van der Waals surface area (Å²) in [5.74, 6) is -0.0559. The van der Waals surface area contributed by atoms with E-state index < -0.39 is 0 Å². The Kier molecular flexibility index (Phi) is 5.96. The Morgan fingerprint density at radius 3 is 2.32 bits per heavy atom. The summed E-state index contributed by atoms with van der Waals surface area (Å²) in [6, 6.07) is 16.2. The summed E-state index contributed by atoms with van der Waals surface area (Å²) in [4.78, 5) is 42.1. The lowest BCUT2D eigenvalue weighted by Gasteiger charge is -2.09. The summed E-state index contributed by atoms with van der Waals surface area (Å²) in [6.07, 6.45) is 3.79. The van der Waals surface area contributed by atoms with Gasteiger partial charge in [0.05, 0.1) is 16.8 Å². The van der Waals surface area contributed by atoms with E-state index in [4.69, 9.17) is 4.52 Å². The first kappa shape index (κ1) is 23.8. The monoisotopic (exact) mass is 495 g/mol. The first-order valence-corrected chi connectivity index (χ1v) is 11.7. The van der Waals surface area contributed by atoms with E-state index in [0.717, 1.165) is 16.7 Å². The Balaban J connectivity index is 1.48. The molecule has 0 fully saturated rings. The topological polar surface area (TPSA) is 111 Å². The summed E-state index contributed by atoms with van der Waals surface area (Å²) in [5, 5.41) is 5.42. The zero-order valence-corrected chi connectivity index (χ0v) is 20.8.